The molecule has 0 fully saturated rings. The fraction of sp³-hybridized carbons (Fsp3) is 0.800. The maximum atomic E-state index is 2.39. The molecule has 0 heterocycles. The molecule has 0 aromatic heterocycles. The normalized spacial score (nSPS) is 21.8. The molecule has 0 aliphatic heterocycles. The van der Waals surface area contributed by atoms with Gasteiger partial charge in [-0.25, -0.2) is 0 Å². The lowest BCUT2D eigenvalue weighted by Gasteiger charge is -2.17. The molecule has 0 amide bonds. The van der Waals surface area contributed by atoms with Crippen molar-refractivity contribution in [3.63, 3.8) is 0 Å². The molecular weight excluding hydrogens is 120 g/mol. The first-order valence-corrected chi connectivity index (χ1v) is 4.49. The molecule has 0 bridgehead atoms. The van der Waals surface area contributed by atoms with Gasteiger partial charge < -0.3 is 0 Å². The third-order valence-corrected chi connectivity index (χ3v) is 2.59. The highest BCUT2D eigenvalue weighted by Crippen LogP contribution is 2.28. The van der Waals surface area contributed by atoms with Gasteiger partial charge in [-0.2, -0.15) is 0 Å². The molecule has 1 aliphatic carbocycles. The van der Waals surface area contributed by atoms with Crippen molar-refractivity contribution in [2.45, 2.75) is 39.5 Å². The molecule has 0 saturated carbocycles. The molecule has 0 saturated heterocycles. The van der Waals surface area contributed by atoms with Crippen molar-refractivity contribution in [2.75, 3.05) is 0 Å². The lowest BCUT2D eigenvalue weighted by atomic mass is 9.89. The molecule has 0 spiro atoms. The molecule has 1 aliphatic rings. The average Bonchev–Trinajstić information content (AvgIpc) is 2.38. The Kier molecular flexibility index (Phi) is 2.98. The van der Waals surface area contributed by atoms with E-state index >= 15 is 0 Å². The SMILES string of the molecule is CCCC(C)C1CC=CC1. The van der Waals surface area contributed by atoms with Gasteiger partial charge in [0.2, 0.25) is 0 Å². The van der Waals surface area contributed by atoms with Gasteiger partial charge in [0.05, 0.1) is 0 Å². The van der Waals surface area contributed by atoms with Crippen LogP contribution >= 0.6 is 0 Å². The Hall–Kier alpha value is -0.260. The van der Waals surface area contributed by atoms with Gasteiger partial charge in [0.15, 0.2) is 0 Å². The maximum absolute atomic E-state index is 2.39. The maximum Gasteiger partial charge on any atom is -0.0317 e. The van der Waals surface area contributed by atoms with Crippen LogP contribution in [0.3, 0.4) is 0 Å². The molecule has 0 heteroatoms. The van der Waals surface area contributed by atoms with Crippen LogP contribution in [0.5, 0.6) is 0 Å². The second kappa shape index (κ2) is 3.80. The van der Waals surface area contributed by atoms with Crippen molar-refractivity contribution < 1.29 is 0 Å². The molecule has 1 unspecified atom stereocenters. The molecule has 1 rings (SSSR count). The van der Waals surface area contributed by atoms with Crippen molar-refractivity contribution in [1.29, 1.82) is 0 Å². The zero-order valence-electron chi connectivity index (χ0n) is 7.14. The van der Waals surface area contributed by atoms with Crippen LogP contribution in [-0.2, 0) is 0 Å². The third kappa shape index (κ3) is 1.86. The van der Waals surface area contributed by atoms with E-state index in [1.165, 1.54) is 25.7 Å². The van der Waals surface area contributed by atoms with Crippen LogP contribution in [0.15, 0.2) is 12.2 Å². The topological polar surface area (TPSA) is 0 Å². The third-order valence-electron chi connectivity index (χ3n) is 2.59. The Morgan fingerprint density at radius 1 is 1.40 bits per heavy atom. The molecule has 0 aromatic rings. The van der Waals surface area contributed by atoms with E-state index in [4.69, 9.17) is 0 Å². The second-order valence-electron chi connectivity index (χ2n) is 3.47. The van der Waals surface area contributed by atoms with Crippen LogP contribution in [0.4, 0.5) is 0 Å². The fourth-order valence-electron chi connectivity index (χ4n) is 1.79. The standard InChI is InChI=1S/C10H18/c1-3-6-9(2)10-7-4-5-8-10/h4-5,9-10H,3,6-8H2,1-2H3. The van der Waals surface area contributed by atoms with E-state index in [2.05, 4.69) is 26.0 Å². The minimum Gasteiger partial charge on any atom is -0.0882 e. The van der Waals surface area contributed by atoms with Gasteiger partial charge in [0, 0.05) is 0 Å². The lowest BCUT2D eigenvalue weighted by Crippen LogP contribution is -2.06. The summed E-state index contributed by atoms with van der Waals surface area (Å²) in [5, 5.41) is 0. The quantitative estimate of drug-likeness (QED) is 0.524. The van der Waals surface area contributed by atoms with E-state index < -0.39 is 0 Å². The van der Waals surface area contributed by atoms with Crippen LogP contribution in [-0.4, -0.2) is 0 Å². The van der Waals surface area contributed by atoms with Gasteiger partial charge in [-0.15, -0.1) is 0 Å². The Balaban J connectivity index is 2.21. The van der Waals surface area contributed by atoms with Crippen molar-refractivity contribution in [1.82, 2.24) is 0 Å². The van der Waals surface area contributed by atoms with Crippen molar-refractivity contribution >= 4 is 0 Å². The van der Waals surface area contributed by atoms with Gasteiger partial charge in [-0.3, -0.25) is 0 Å². The summed E-state index contributed by atoms with van der Waals surface area (Å²) < 4.78 is 0. The monoisotopic (exact) mass is 138 g/mol. The smallest absolute Gasteiger partial charge is 0.0317 e. The Morgan fingerprint density at radius 3 is 2.50 bits per heavy atom. The van der Waals surface area contributed by atoms with E-state index in [0.29, 0.717) is 0 Å². The molecule has 0 aromatic carbocycles. The number of hydrogen-bond donors (Lipinski definition) is 0. The van der Waals surface area contributed by atoms with E-state index in [-0.39, 0.29) is 0 Å². The molecule has 10 heavy (non-hydrogen) atoms. The largest absolute Gasteiger partial charge is 0.0882 e. The van der Waals surface area contributed by atoms with Gasteiger partial charge >= 0.3 is 0 Å². The number of hydrogen-bond acceptors (Lipinski definition) is 0. The molecular formula is C10H18. The Bertz CT molecular complexity index is 105. The molecule has 0 radical (unpaired) electrons. The van der Waals surface area contributed by atoms with Crippen molar-refractivity contribution in [3.05, 3.63) is 12.2 Å². The predicted octanol–water partition coefficient (Wildman–Crippen LogP) is 3.39. The van der Waals surface area contributed by atoms with Gasteiger partial charge in [-0.05, 0) is 24.7 Å². The average molecular weight is 138 g/mol. The molecule has 1 atom stereocenters. The van der Waals surface area contributed by atoms with Crippen LogP contribution in [0.25, 0.3) is 0 Å². The van der Waals surface area contributed by atoms with E-state index in [9.17, 15) is 0 Å². The highest BCUT2D eigenvalue weighted by molar-refractivity contribution is 4.95. The summed E-state index contributed by atoms with van der Waals surface area (Å²) in [6.07, 6.45) is 10.1. The summed E-state index contributed by atoms with van der Waals surface area (Å²) in [6.45, 7) is 4.67. The second-order valence-corrected chi connectivity index (χ2v) is 3.47. The lowest BCUT2D eigenvalue weighted by molar-refractivity contribution is 0.352. The zero-order valence-corrected chi connectivity index (χ0v) is 7.14. The highest BCUT2D eigenvalue weighted by atomic mass is 14.2. The van der Waals surface area contributed by atoms with E-state index in [1.807, 2.05) is 0 Å². The number of allylic oxidation sites excluding steroid dienone is 2. The van der Waals surface area contributed by atoms with Crippen LogP contribution in [0.2, 0.25) is 0 Å². The molecule has 0 nitrogen and oxygen atoms in total. The zero-order chi connectivity index (χ0) is 7.40. The summed E-state index contributed by atoms with van der Waals surface area (Å²) in [7, 11) is 0. The summed E-state index contributed by atoms with van der Waals surface area (Å²) in [5.41, 5.74) is 0. The minimum atomic E-state index is 0.944. The Labute approximate surface area is 64.3 Å². The Morgan fingerprint density at radius 2 is 2.00 bits per heavy atom. The van der Waals surface area contributed by atoms with E-state index in [1.54, 1.807) is 0 Å². The van der Waals surface area contributed by atoms with Crippen molar-refractivity contribution in [2.24, 2.45) is 11.8 Å². The highest BCUT2D eigenvalue weighted by Gasteiger charge is 2.16. The first-order chi connectivity index (χ1) is 4.84. The minimum absolute atomic E-state index is 0.944. The van der Waals surface area contributed by atoms with Gasteiger partial charge in [0.25, 0.3) is 0 Å². The number of rotatable bonds is 3. The van der Waals surface area contributed by atoms with Crippen LogP contribution in [0, 0.1) is 11.8 Å². The van der Waals surface area contributed by atoms with Crippen LogP contribution < -0.4 is 0 Å². The molecule has 0 N–H and O–H groups in total. The molecule has 58 valence electrons. The summed E-state index contributed by atoms with van der Waals surface area (Å²) in [4.78, 5) is 0. The van der Waals surface area contributed by atoms with Gasteiger partial charge in [-0.1, -0.05) is 38.8 Å². The predicted molar refractivity (Wildman–Crippen MR) is 45.9 cm³/mol. The summed E-state index contributed by atoms with van der Waals surface area (Å²) >= 11 is 0. The van der Waals surface area contributed by atoms with Gasteiger partial charge in [0.1, 0.15) is 0 Å². The first-order valence-electron chi connectivity index (χ1n) is 4.49. The summed E-state index contributed by atoms with van der Waals surface area (Å²) in [6, 6.07) is 0. The fourth-order valence-corrected chi connectivity index (χ4v) is 1.79. The summed E-state index contributed by atoms with van der Waals surface area (Å²) in [5.74, 6) is 1.92. The van der Waals surface area contributed by atoms with E-state index in [0.717, 1.165) is 11.8 Å². The van der Waals surface area contributed by atoms with Crippen molar-refractivity contribution in [3.8, 4) is 0 Å². The first kappa shape index (κ1) is 7.84. The van der Waals surface area contributed by atoms with Crippen LogP contribution in [0.1, 0.15) is 39.5 Å².